The molecule has 0 bridgehead atoms. The number of allylic oxidation sites excluding steroid dienone is 1. The molecule has 1 aromatic rings. The molecule has 0 saturated heterocycles. The van der Waals surface area contributed by atoms with E-state index < -0.39 is 0 Å². The summed E-state index contributed by atoms with van der Waals surface area (Å²) in [6, 6.07) is 4.21. The number of ketones is 1. The second kappa shape index (κ2) is 5.33. The summed E-state index contributed by atoms with van der Waals surface area (Å²) in [5.74, 6) is -0.333. The second-order valence-electron chi connectivity index (χ2n) is 7.47. The average molecular weight is 324 g/mol. The lowest BCUT2D eigenvalue weighted by atomic mass is 9.83. The van der Waals surface area contributed by atoms with Crippen molar-refractivity contribution in [2.24, 2.45) is 0 Å². The minimum Gasteiger partial charge on any atom is -0.365 e. The summed E-state index contributed by atoms with van der Waals surface area (Å²) in [4.78, 5) is 28.3. The zero-order valence-corrected chi connectivity index (χ0v) is 15.2. The summed E-state index contributed by atoms with van der Waals surface area (Å²) in [7, 11) is 5.42. The molecule has 0 atom stereocenters. The van der Waals surface area contributed by atoms with Gasteiger partial charge in [-0.25, -0.2) is 0 Å². The van der Waals surface area contributed by atoms with Gasteiger partial charge in [-0.3, -0.25) is 9.59 Å². The first-order valence-electron chi connectivity index (χ1n) is 8.19. The van der Waals surface area contributed by atoms with Crippen LogP contribution in [0.25, 0.3) is 11.6 Å². The molecular formula is C20H24N2O2. The zero-order valence-electron chi connectivity index (χ0n) is 15.2. The molecule has 2 aliphatic rings. The fourth-order valence-corrected chi connectivity index (χ4v) is 3.47. The van der Waals surface area contributed by atoms with Gasteiger partial charge in [0.2, 0.25) is 0 Å². The van der Waals surface area contributed by atoms with Gasteiger partial charge in [0.15, 0.2) is 5.78 Å². The predicted molar refractivity (Wildman–Crippen MR) is 98.0 cm³/mol. The van der Waals surface area contributed by atoms with Crippen LogP contribution in [0.5, 0.6) is 0 Å². The van der Waals surface area contributed by atoms with Crippen molar-refractivity contribution in [3.63, 3.8) is 0 Å². The van der Waals surface area contributed by atoms with E-state index in [0.717, 1.165) is 22.4 Å². The number of carbonyl (C=O) groups is 2. The van der Waals surface area contributed by atoms with Crippen LogP contribution in [0.3, 0.4) is 0 Å². The quantitative estimate of drug-likeness (QED) is 0.746. The molecule has 0 unspecified atom stereocenters. The average Bonchev–Trinajstić information content (AvgIpc) is 2.49. The van der Waals surface area contributed by atoms with Gasteiger partial charge in [-0.2, -0.15) is 0 Å². The minimum absolute atomic E-state index is 0.0636. The maximum atomic E-state index is 12.4. The predicted octanol–water partition coefficient (Wildman–Crippen LogP) is 2.92. The van der Waals surface area contributed by atoms with Crippen molar-refractivity contribution in [3.05, 3.63) is 40.5 Å². The largest absolute Gasteiger partial charge is 0.365 e. The summed E-state index contributed by atoms with van der Waals surface area (Å²) in [5, 5.41) is 0. The maximum Gasteiger partial charge on any atom is 0.256 e. The van der Waals surface area contributed by atoms with Gasteiger partial charge in [-0.1, -0.05) is 6.08 Å². The van der Waals surface area contributed by atoms with E-state index >= 15 is 0 Å². The molecule has 1 amide bonds. The van der Waals surface area contributed by atoms with Gasteiger partial charge in [0, 0.05) is 38.8 Å². The highest BCUT2D eigenvalue weighted by molar-refractivity contribution is 6.24. The molecule has 126 valence electrons. The molecule has 0 saturated carbocycles. The Morgan fingerprint density at radius 2 is 1.92 bits per heavy atom. The molecule has 0 spiro atoms. The van der Waals surface area contributed by atoms with Gasteiger partial charge >= 0.3 is 0 Å². The summed E-state index contributed by atoms with van der Waals surface area (Å²) in [5.41, 5.74) is 5.71. The van der Waals surface area contributed by atoms with Crippen molar-refractivity contribution in [1.82, 2.24) is 4.90 Å². The molecule has 1 aromatic carbocycles. The van der Waals surface area contributed by atoms with Gasteiger partial charge in [0.25, 0.3) is 5.91 Å². The van der Waals surface area contributed by atoms with E-state index in [9.17, 15) is 9.59 Å². The monoisotopic (exact) mass is 324 g/mol. The van der Waals surface area contributed by atoms with E-state index in [1.54, 1.807) is 20.2 Å². The number of amides is 1. The highest BCUT2D eigenvalue weighted by atomic mass is 16.2. The smallest absolute Gasteiger partial charge is 0.256 e. The number of fused-ring (bicyclic) bond motifs is 2. The summed E-state index contributed by atoms with van der Waals surface area (Å²) in [6.07, 6.45) is 4.28. The SMILES string of the molecule is CC1=CC(C)(C)N(C)c2cc3c(cc21)C=C(C(=O)N(C)C)C(=O)C3. The van der Waals surface area contributed by atoms with Crippen molar-refractivity contribution >= 4 is 29.0 Å². The topological polar surface area (TPSA) is 40.6 Å². The first-order valence-corrected chi connectivity index (χ1v) is 8.19. The van der Waals surface area contributed by atoms with Crippen LogP contribution in [0.1, 0.15) is 37.5 Å². The summed E-state index contributed by atoms with van der Waals surface area (Å²) >= 11 is 0. The molecule has 0 fully saturated rings. The molecular weight excluding hydrogens is 300 g/mol. The van der Waals surface area contributed by atoms with Crippen LogP contribution >= 0.6 is 0 Å². The maximum absolute atomic E-state index is 12.4. The Balaban J connectivity index is 2.16. The number of benzene rings is 1. The van der Waals surface area contributed by atoms with Crippen molar-refractivity contribution in [3.8, 4) is 0 Å². The van der Waals surface area contributed by atoms with E-state index in [4.69, 9.17) is 0 Å². The number of Topliss-reactive ketones (excluding diaryl/α,β-unsaturated/α-hetero) is 1. The van der Waals surface area contributed by atoms with Gasteiger partial charge < -0.3 is 9.80 Å². The molecule has 1 heterocycles. The van der Waals surface area contributed by atoms with Crippen molar-refractivity contribution in [2.45, 2.75) is 32.7 Å². The van der Waals surface area contributed by atoms with Crippen molar-refractivity contribution in [2.75, 3.05) is 26.0 Å². The van der Waals surface area contributed by atoms with E-state index in [0.29, 0.717) is 0 Å². The van der Waals surface area contributed by atoms with Crippen molar-refractivity contribution in [1.29, 1.82) is 0 Å². The van der Waals surface area contributed by atoms with Gasteiger partial charge in [-0.15, -0.1) is 0 Å². The van der Waals surface area contributed by atoms with Crippen LogP contribution in [0.4, 0.5) is 5.69 Å². The normalized spacial score (nSPS) is 18.4. The number of anilines is 1. The minimum atomic E-state index is -0.228. The van der Waals surface area contributed by atoms with Gasteiger partial charge in [0.05, 0.1) is 11.1 Å². The van der Waals surface area contributed by atoms with E-state index in [-0.39, 0.29) is 29.2 Å². The Morgan fingerprint density at radius 1 is 1.25 bits per heavy atom. The Kier molecular flexibility index (Phi) is 3.67. The van der Waals surface area contributed by atoms with Gasteiger partial charge in [-0.05, 0) is 55.7 Å². The fourth-order valence-electron chi connectivity index (χ4n) is 3.47. The van der Waals surface area contributed by atoms with Crippen LogP contribution in [0.15, 0.2) is 23.8 Å². The Bertz CT molecular complexity index is 813. The first kappa shape index (κ1) is 16.5. The molecule has 1 aliphatic carbocycles. The molecule has 3 rings (SSSR count). The molecule has 0 N–H and O–H groups in total. The molecule has 0 aromatic heterocycles. The third kappa shape index (κ3) is 2.46. The van der Waals surface area contributed by atoms with Crippen molar-refractivity contribution < 1.29 is 9.59 Å². The number of likely N-dealkylation sites (N-methyl/N-ethyl adjacent to an activating group) is 2. The van der Waals surface area contributed by atoms with Crippen LogP contribution in [-0.2, 0) is 16.0 Å². The third-order valence-corrected chi connectivity index (χ3v) is 5.07. The van der Waals surface area contributed by atoms with E-state index in [1.807, 2.05) is 0 Å². The summed E-state index contributed by atoms with van der Waals surface area (Å²) in [6.45, 7) is 6.47. The highest BCUT2D eigenvalue weighted by Crippen LogP contribution is 2.40. The number of hydrogen-bond donors (Lipinski definition) is 0. The van der Waals surface area contributed by atoms with Crippen LogP contribution < -0.4 is 4.90 Å². The lowest BCUT2D eigenvalue weighted by Crippen LogP contribution is -2.42. The Labute approximate surface area is 143 Å². The third-order valence-electron chi connectivity index (χ3n) is 5.07. The standard InChI is InChI=1S/C20H24N2O2/c1-12-11-20(2,3)22(6)17-9-14-10-18(23)16(19(24)21(4)5)8-13(14)7-15(12)17/h7-9,11H,10H2,1-6H3. The number of carbonyl (C=O) groups excluding carboxylic acids is 2. The van der Waals surface area contributed by atoms with E-state index in [1.165, 1.54) is 10.5 Å². The summed E-state index contributed by atoms with van der Waals surface area (Å²) < 4.78 is 0. The lowest BCUT2D eigenvalue weighted by molar-refractivity contribution is -0.127. The van der Waals surface area contributed by atoms with E-state index in [2.05, 4.69) is 50.9 Å². The molecule has 24 heavy (non-hydrogen) atoms. The number of hydrogen-bond acceptors (Lipinski definition) is 3. The molecule has 4 heteroatoms. The van der Waals surface area contributed by atoms with Gasteiger partial charge in [0.1, 0.15) is 0 Å². The molecule has 0 radical (unpaired) electrons. The molecule has 4 nitrogen and oxygen atoms in total. The first-order chi connectivity index (χ1) is 11.1. The van der Waals surface area contributed by atoms with Crippen LogP contribution in [0, 0.1) is 0 Å². The van der Waals surface area contributed by atoms with Crippen LogP contribution in [-0.4, -0.2) is 43.3 Å². The Morgan fingerprint density at radius 3 is 2.54 bits per heavy atom. The molecule has 1 aliphatic heterocycles. The zero-order chi connectivity index (χ0) is 17.8. The fraction of sp³-hybridized carbons (Fsp3) is 0.400. The van der Waals surface area contributed by atoms with Crippen LogP contribution in [0.2, 0.25) is 0 Å². The second-order valence-corrected chi connectivity index (χ2v) is 7.47. The lowest BCUT2D eigenvalue weighted by Gasteiger charge is -2.41. The number of rotatable bonds is 1. The number of nitrogens with zero attached hydrogens (tertiary/aromatic N) is 2. The Hall–Kier alpha value is -2.36. The highest BCUT2D eigenvalue weighted by Gasteiger charge is 2.31.